The number of ether oxygens (including phenoxy) is 1. The van der Waals surface area contributed by atoms with Gasteiger partial charge >= 0.3 is 0 Å². The van der Waals surface area contributed by atoms with Crippen LogP contribution in [-0.4, -0.2) is 41.4 Å². The molecule has 0 aliphatic carbocycles. The van der Waals surface area contributed by atoms with Gasteiger partial charge in [-0.1, -0.05) is 65.6 Å². The van der Waals surface area contributed by atoms with E-state index in [1.165, 1.54) is 11.3 Å². The molecule has 0 spiro atoms. The molecule has 7 nitrogen and oxygen atoms in total. The van der Waals surface area contributed by atoms with Crippen molar-refractivity contribution in [3.63, 3.8) is 0 Å². The molecule has 1 aromatic heterocycles. The first-order valence-electron chi connectivity index (χ1n) is 10.1. The van der Waals surface area contributed by atoms with Crippen molar-refractivity contribution in [3.05, 3.63) is 66.2 Å². The number of rotatable bonds is 8. The maximum Gasteiger partial charge on any atom is 0.231 e. The summed E-state index contributed by atoms with van der Waals surface area (Å²) in [7, 11) is 1.59. The van der Waals surface area contributed by atoms with E-state index in [9.17, 15) is 9.59 Å². The maximum atomic E-state index is 12.7. The highest BCUT2D eigenvalue weighted by molar-refractivity contribution is 8.01. The van der Waals surface area contributed by atoms with Crippen LogP contribution in [0.25, 0.3) is 6.08 Å². The minimum absolute atomic E-state index is 0.0750. The van der Waals surface area contributed by atoms with Crippen molar-refractivity contribution in [1.29, 1.82) is 0 Å². The molecule has 1 aliphatic heterocycles. The standard InChI is InChI=1S/C23H22N4O3S2/c1-30-19-11-9-18(10-12-19)27-15-17(14-20(27)28)21(29)24-22-25-26-23(32-22)31-13-5-8-16-6-3-2-4-7-16/h2-12,17H,13-15H2,1H3,(H,24,25,29)/b8-5+. The molecule has 9 heteroatoms. The Labute approximate surface area is 194 Å². The molecular formula is C23H22N4O3S2. The monoisotopic (exact) mass is 466 g/mol. The summed E-state index contributed by atoms with van der Waals surface area (Å²) in [6.07, 6.45) is 4.29. The Bertz CT molecular complexity index is 1100. The average Bonchev–Trinajstić information content (AvgIpc) is 3.44. The number of carbonyl (C=O) groups excluding carboxylic acids is 2. The zero-order valence-electron chi connectivity index (χ0n) is 17.4. The highest BCUT2D eigenvalue weighted by Crippen LogP contribution is 2.29. The second kappa shape index (κ2) is 10.4. The molecule has 1 N–H and O–H groups in total. The number of nitrogens with one attached hydrogen (secondary N) is 1. The van der Waals surface area contributed by atoms with Crippen LogP contribution in [0.4, 0.5) is 10.8 Å². The zero-order chi connectivity index (χ0) is 22.3. The van der Waals surface area contributed by atoms with E-state index in [4.69, 9.17) is 4.74 Å². The largest absolute Gasteiger partial charge is 0.497 e. The third-order valence-corrected chi connectivity index (χ3v) is 6.85. The van der Waals surface area contributed by atoms with Crippen LogP contribution in [0, 0.1) is 5.92 Å². The molecule has 2 heterocycles. The third kappa shape index (κ3) is 5.54. The molecule has 1 fully saturated rings. The topological polar surface area (TPSA) is 84.4 Å². The lowest BCUT2D eigenvalue weighted by atomic mass is 10.1. The van der Waals surface area contributed by atoms with Gasteiger partial charge in [0.15, 0.2) is 4.34 Å². The SMILES string of the molecule is COc1ccc(N2CC(C(=O)Nc3nnc(SC/C=C/c4ccccc4)s3)CC2=O)cc1. The normalized spacial score (nSPS) is 16.0. The van der Waals surface area contributed by atoms with Crippen LogP contribution in [0.3, 0.4) is 0 Å². The van der Waals surface area contributed by atoms with Crippen molar-refractivity contribution in [2.45, 2.75) is 10.8 Å². The van der Waals surface area contributed by atoms with E-state index in [0.29, 0.717) is 11.7 Å². The van der Waals surface area contributed by atoms with E-state index in [1.807, 2.05) is 42.5 Å². The quantitative estimate of drug-likeness (QED) is 0.393. The smallest absolute Gasteiger partial charge is 0.231 e. The lowest BCUT2D eigenvalue weighted by Crippen LogP contribution is -2.28. The Hall–Kier alpha value is -3.17. The van der Waals surface area contributed by atoms with Crippen molar-refractivity contribution < 1.29 is 14.3 Å². The number of carbonyl (C=O) groups is 2. The van der Waals surface area contributed by atoms with Gasteiger partial charge in [-0.25, -0.2) is 0 Å². The van der Waals surface area contributed by atoms with Gasteiger partial charge in [0.25, 0.3) is 0 Å². The molecular weight excluding hydrogens is 444 g/mol. The average molecular weight is 467 g/mol. The summed E-state index contributed by atoms with van der Waals surface area (Å²) in [5, 5.41) is 11.4. The molecule has 1 saturated heterocycles. The number of anilines is 2. The van der Waals surface area contributed by atoms with Crippen LogP contribution in [0.1, 0.15) is 12.0 Å². The predicted molar refractivity (Wildman–Crippen MR) is 128 cm³/mol. The van der Waals surface area contributed by atoms with Gasteiger partial charge in [-0.2, -0.15) is 0 Å². The van der Waals surface area contributed by atoms with Gasteiger partial charge in [0.05, 0.1) is 13.0 Å². The second-order valence-corrected chi connectivity index (χ2v) is 9.33. The van der Waals surface area contributed by atoms with Gasteiger partial charge in [0, 0.05) is 24.4 Å². The summed E-state index contributed by atoms with van der Waals surface area (Å²) in [6.45, 7) is 0.335. The first-order chi connectivity index (χ1) is 15.6. The molecule has 4 rings (SSSR count). The van der Waals surface area contributed by atoms with Crippen molar-refractivity contribution in [3.8, 4) is 5.75 Å². The molecule has 0 radical (unpaired) electrons. The summed E-state index contributed by atoms with van der Waals surface area (Å²) in [4.78, 5) is 26.7. The van der Waals surface area contributed by atoms with Crippen molar-refractivity contribution in [2.75, 3.05) is 29.6 Å². The predicted octanol–water partition coefficient (Wildman–Crippen LogP) is 4.34. The zero-order valence-corrected chi connectivity index (χ0v) is 19.1. The van der Waals surface area contributed by atoms with Gasteiger partial charge in [-0.3, -0.25) is 9.59 Å². The number of hydrogen-bond donors (Lipinski definition) is 1. The van der Waals surface area contributed by atoms with Crippen LogP contribution in [0.5, 0.6) is 5.75 Å². The number of nitrogens with zero attached hydrogens (tertiary/aromatic N) is 3. The molecule has 0 saturated carbocycles. The van der Waals surface area contributed by atoms with E-state index in [1.54, 1.807) is 35.9 Å². The first kappa shape index (κ1) is 22.0. The Balaban J connectivity index is 1.28. The molecule has 1 aliphatic rings. The van der Waals surface area contributed by atoms with Gasteiger partial charge in [0.2, 0.25) is 16.9 Å². The Morgan fingerprint density at radius 2 is 2.00 bits per heavy atom. The van der Waals surface area contributed by atoms with Crippen LogP contribution < -0.4 is 15.0 Å². The Morgan fingerprint density at radius 3 is 2.75 bits per heavy atom. The molecule has 164 valence electrons. The fourth-order valence-electron chi connectivity index (χ4n) is 3.29. The molecule has 2 amide bonds. The number of hydrogen-bond acceptors (Lipinski definition) is 7. The minimum Gasteiger partial charge on any atom is -0.497 e. The number of thioether (sulfide) groups is 1. The molecule has 2 aromatic carbocycles. The second-order valence-electron chi connectivity index (χ2n) is 7.09. The molecule has 0 bridgehead atoms. The molecule has 32 heavy (non-hydrogen) atoms. The summed E-state index contributed by atoms with van der Waals surface area (Å²) in [5.41, 5.74) is 1.90. The Kier molecular flexibility index (Phi) is 7.18. The van der Waals surface area contributed by atoms with Gasteiger partial charge in [-0.05, 0) is 29.8 Å². The lowest BCUT2D eigenvalue weighted by molar-refractivity contribution is -0.122. The molecule has 3 aromatic rings. The molecule has 1 atom stereocenters. The van der Waals surface area contributed by atoms with E-state index in [2.05, 4.69) is 27.7 Å². The number of benzene rings is 2. The van der Waals surface area contributed by atoms with Gasteiger partial charge in [-0.15, -0.1) is 10.2 Å². The van der Waals surface area contributed by atoms with Crippen LogP contribution in [0.2, 0.25) is 0 Å². The fraction of sp³-hybridized carbons (Fsp3) is 0.217. The van der Waals surface area contributed by atoms with Gasteiger partial charge < -0.3 is 15.0 Å². The highest BCUT2D eigenvalue weighted by atomic mass is 32.2. The van der Waals surface area contributed by atoms with Crippen molar-refractivity contribution in [1.82, 2.24) is 10.2 Å². The van der Waals surface area contributed by atoms with Crippen molar-refractivity contribution >= 4 is 51.8 Å². The highest BCUT2D eigenvalue weighted by Gasteiger charge is 2.35. The summed E-state index contributed by atoms with van der Waals surface area (Å²) in [5.74, 6) is 0.750. The molecule has 1 unspecified atom stereocenters. The number of amides is 2. The third-order valence-electron chi connectivity index (χ3n) is 4.93. The summed E-state index contributed by atoms with van der Waals surface area (Å²) < 4.78 is 5.93. The number of aromatic nitrogens is 2. The van der Waals surface area contributed by atoms with E-state index in [-0.39, 0.29) is 18.2 Å². The first-order valence-corrected chi connectivity index (χ1v) is 11.9. The number of methoxy groups -OCH3 is 1. The minimum atomic E-state index is -0.432. The van der Waals surface area contributed by atoms with E-state index < -0.39 is 5.92 Å². The summed E-state index contributed by atoms with van der Waals surface area (Å²) >= 11 is 2.89. The Morgan fingerprint density at radius 1 is 1.22 bits per heavy atom. The van der Waals surface area contributed by atoms with Crippen molar-refractivity contribution in [2.24, 2.45) is 5.92 Å². The van der Waals surface area contributed by atoms with Gasteiger partial charge in [0.1, 0.15) is 5.75 Å². The van der Waals surface area contributed by atoms with E-state index >= 15 is 0 Å². The van der Waals surface area contributed by atoms with Crippen LogP contribution in [0.15, 0.2) is 65.0 Å². The lowest BCUT2D eigenvalue weighted by Gasteiger charge is -2.16. The van der Waals surface area contributed by atoms with Crippen LogP contribution >= 0.6 is 23.1 Å². The van der Waals surface area contributed by atoms with Crippen LogP contribution in [-0.2, 0) is 9.59 Å². The summed E-state index contributed by atoms with van der Waals surface area (Å²) in [6, 6.07) is 17.3. The van der Waals surface area contributed by atoms with E-state index in [0.717, 1.165) is 27.1 Å². The fourth-order valence-corrected chi connectivity index (χ4v) is 4.88. The maximum absolute atomic E-state index is 12.7.